The minimum Gasteiger partial charge on any atom is -0.310 e. The molecule has 13 aromatic rings. The van der Waals surface area contributed by atoms with E-state index >= 15 is 0 Å². The molecule has 13 rings (SSSR count). The summed E-state index contributed by atoms with van der Waals surface area (Å²) in [4.78, 5) is 26.6. The van der Waals surface area contributed by atoms with Crippen LogP contribution in [0.5, 0.6) is 0 Å². The third-order valence-corrected chi connectivity index (χ3v) is 12.7. The topological polar surface area (TPSA) is 67.7 Å². The zero-order valence-electron chi connectivity index (χ0n) is 35.0. The maximum atomic E-state index is 5.14. The Morgan fingerprint density at radius 1 is 0.292 bits per heavy atom. The zero-order valence-corrected chi connectivity index (χ0v) is 35.0. The Balaban J connectivity index is 0.895. The van der Waals surface area contributed by atoms with Crippen LogP contribution in [-0.2, 0) is 0 Å². The summed E-state index contributed by atoms with van der Waals surface area (Å²) in [6, 6.07) is 71.2. The van der Waals surface area contributed by atoms with E-state index in [-0.39, 0.29) is 0 Å². The predicted octanol–water partition coefficient (Wildman–Crippen LogP) is 15.2. The minimum atomic E-state index is 0.658. The van der Waals surface area contributed by atoms with Crippen LogP contribution in [-0.4, -0.2) is 24.9 Å². The van der Waals surface area contributed by atoms with Crippen LogP contribution in [0.25, 0.3) is 110 Å². The number of hydrogen-bond donors (Lipinski definition) is 0. The highest BCUT2D eigenvalue weighted by molar-refractivity contribution is 6.10. The van der Waals surface area contributed by atoms with Gasteiger partial charge in [0.25, 0.3) is 0 Å². The van der Waals surface area contributed by atoms with Crippen molar-refractivity contribution in [1.82, 2.24) is 24.9 Å². The zero-order chi connectivity index (χ0) is 42.8. The molecule has 0 spiro atoms. The van der Waals surface area contributed by atoms with Gasteiger partial charge in [-0.15, -0.1) is 0 Å². The van der Waals surface area contributed by atoms with E-state index < -0.39 is 0 Å². The van der Waals surface area contributed by atoms with Crippen LogP contribution < -0.4 is 4.90 Å². The SMILES string of the molecule is c1ccc2cc(-c3ccc4c(ccc5cc(N(c6ccc(-c7ccc8ccc9cccnc9c8n7)cc6)c6ccc(-c7ncc8ccc9cccnc9c8n7)cc6)ccc54)c3)ccc2c1. The van der Waals surface area contributed by atoms with Crippen molar-refractivity contribution in [3.05, 3.63) is 219 Å². The molecule has 4 heterocycles. The summed E-state index contributed by atoms with van der Waals surface area (Å²) >= 11 is 0. The minimum absolute atomic E-state index is 0.658. The lowest BCUT2D eigenvalue weighted by Crippen LogP contribution is -2.10. The standard InChI is InChI=1S/C59H36N6/c1-2-6-43-33-44(13-9-37(43)5-1)45-21-28-52-46(34-45)14-15-47-35-51(27-29-53(47)52)65(49-23-17-38(18-24-49)54-30-22-41-11-10-39-7-3-31-60-55(39)57(41)63-54)50-25-19-42(20-26-50)59-62-36-48-16-12-40-8-4-32-61-56(40)58(48)64-59/h1-36H. The van der Waals surface area contributed by atoms with Crippen LogP contribution in [0.1, 0.15) is 0 Å². The summed E-state index contributed by atoms with van der Waals surface area (Å²) < 4.78 is 0. The van der Waals surface area contributed by atoms with Gasteiger partial charge < -0.3 is 4.90 Å². The largest absolute Gasteiger partial charge is 0.310 e. The van der Waals surface area contributed by atoms with E-state index in [1.165, 1.54) is 43.4 Å². The molecule has 0 fully saturated rings. The Kier molecular flexibility index (Phi) is 8.42. The molecule has 0 aliphatic rings. The van der Waals surface area contributed by atoms with Crippen LogP contribution in [0.4, 0.5) is 17.1 Å². The van der Waals surface area contributed by atoms with E-state index in [1.54, 1.807) is 0 Å². The molecule has 9 aromatic carbocycles. The van der Waals surface area contributed by atoms with Crippen molar-refractivity contribution in [3.8, 4) is 33.8 Å². The number of hydrogen-bond acceptors (Lipinski definition) is 6. The monoisotopic (exact) mass is 828 g/mol. The molecule has 302 valence electrons. The van der Waals surface area contributed by atoms with Crippen LogP contribution >= 0.6 is 0 Å². The quantitative estimate of drug-likeness (QED) is 0.156. The lowest BCUT2D eigenvalue weighted by molar-refractivity contribution is 1.22. The molecule has 0 N–H and O–H groups in total. The molecule has 0 aliphatic heterocycles. The molecule has 6 heteroatoms. The number of benzene rings is 9. The van der Waals surface area contributed by atoms with Gasteiger partial charge >= 0.3 is 0 Å². The van der Waals surface area contributed by atoms with Crippen LogP contribution in [0.15, 0.2) is 219 Å². The molecular weight excluding hydrogens is 793 g/mol. The number of rotatable bonds is 6. The highest BCUT2D eigenvalue weighted by Crippen LogP contribution is 2.40. The first kappa shape index (κ1) is 36.8. The number of fused-ring (bicyclic) bond motifs is 10. The van der Waals surface area contributed by atoms with Gasteiger partial charge in [-0.25, -0.2) is 15.0 Å². The summed E-state index contributed by atoms with van der Waals surface area (Å²) in [6.07, 6.45) is 5.54. The molecule has 0 bridgehead atoms. The lowest BCUT2D eigenvalue weighted by atomic mass is 9.96. The summed E-state index contributed by atoms with van der Waals surface area (Å²) in [5.41, 5.74) is 11.9. The average Bonchev–Trinajstić information content (AvgIpc) is 3.38. The fourth-order valence-corrected chi connectivity index (χ4v) is 9.39. The van der Waals surface area contributed by atoms with Gasteiger partial charge in [-0.2, -0.15) is 0 Å². The van der Waals surface area contributed by atoms with Gasteiger partial charge in [0.2, 0.25) is 0 Å². The third-order valence-electron chi connectivity index (χ3n) is 12.7. The molecule has 65 heavy (non-hydrogen) atoms. The van der Waals surface area contributed by atoms with E-state index in [0.717, 1.165) is 77.5 Å². The van der Waals surface area contributed by atoms with E-state index in [4.69, 9.17) is 15.0 Å². The van der Waals surface area contributed by atoms with Crippen LogP contribution in [0, 0.1) is 0 Å². The van der Waals surface area contributed by atoms with E-state index in [9.17, 15) is 0 Å². The van der Waals surface area contributed by atoms with Gasteiger partial charge in [0.15, 0.2) is 5.82 Å². The van der Waals surface area contributed by atoms with Gasteiger partial charge in [0, 0.05) is 68.3 Å². The summed E-state index contributed by atoms with van der Waals surface area (Å²) in [5, 5.41) is 11.5. The molecule has 0 atom stereocenters. The summed E-state index contributed by atoms with van der Waals surface area (Å²) in [6.45, 7) is 0. The first-order valence-corrected chi connectivity index (χ1v) is 21.8. The smallest absolute Gasteiger partial charge is 0.159 e. The van der Waals surface area contributed by atoms with Crippen LogP contribution in [0.2, 0.25) is 0 Å². The van der Waals surface area contributed by atoms with Crippen molar-refractivity contribution in [3.63, 3.8) is 0 Å². The molecule has 0 amide bonds. The van der Waals surface area contributed by atoms with E-state index in [2.05, 4.69) is 203 Å². The first-order chi connectivity index (χ1) is 32.2. The van der Waals surface area contributed by atoms with Crippen molar-refractivity contribution < 1.29 is 0 Å². The molecule has 0 saturated heterocycles. The first-order valence-electron chi connectivity index (χ1n) is 21.8. The summed E-state index contributed by atoms with van der Waals surface area (Å²) in [7, 11) is 0. The molecule has 0 radical (unpaired) electrons. The van der Waals surface area contributed by atoms with Crippen molar-refractivity contribution in [2.75, 3.05) is 4.90 Å². The van der Waals surface area contributed by atoms with Gasteiger partial charge in [0.1, 0.15) is 5.52 Å². The van der Waals surface area contributed by atoms with Crippen molar-refractivity contribution in [1.29, 1.82) is 0 Å². The number of aromatic nitrogens is 5. The van der Waals surface area contributed by atoms with Gasteiger partial charge in [0.05, 0.1) is 22.2 Å². The van der Waals surface area contributed by atoms with Gasteiger partial charge in [-0.1, -0.05) is 121 Å². The molecule has 0 saturated carbocycles. The van der Waals surface area contributed by atoms with Crippen molar-refractivity contribution in [2.45, 2.75) is 0 Å². The molecule has 4 aromatic heterocycles. The fourth-order valence-electron chi connectivity index (χ4n) is 9.39. The van der Waals surface area contributed by atoms with E-state index in [0.29, 0.717) is 5.82 Å². The maximum Gasteiger partial charge on any atom is 0.159 e. The Morgan fingerprint density at radius 3 is 1.51 bits per heavy atom. The lowest BCUT2D eigenvalue weighted by Gasteiger charge is -2.26. The average molecular weight is 829 g/mol. The molecule has 0 aliphatic carbocycles. The Morgan fingerprint density at radius 2 is 0.785 bits per heavy atom. The highest BCUT2D eigenvalue weighted by atomic mass is 15.1. The predicted molar refractivity (Wildman–Crippen MR) is 269 cm³/mol. The number of pyridine rings is 3. The molecule has 0 unspecified atom stereocenters. The second-order valence-corrected chi connectivity index (χ2v) is 16.6. The third kappa shape index (κ3) is 6.38. The normalized spacial score (nSPS) is 11.7. The van der Waals surface area contributed by atoms with E-state index in [1.807, 2.05) is 30.7 Å². The molecular formula is C59H36N6. The second kappa shape index (κ2) is 14.9. The Hall–Kier alpha value is -8.87. The Bertz CT molecular complexity index is 3850. The second-order valence-electron chi connectivity index (χ2n) is 16.6. The van der Waals surface area contributed by atoms with Crippen molar-refractivity contribution in [2.24, 2.45) is 0 Å². The number of nitrogens with zero attached hydrogens (tertiary/aromatic N) is 6. The highest BCUT2D eigenvalue weighted by Gasteiger charge is 2.17. The molecule has 6 nitrogen and oxygen atoms in total. The van der Waals surface area contributed by atoms with Gasteiger partial charge in [-0.3, -0.25) is 9.97 Å². The van der Waals surface area contributed by atoms with Crippen molar-refractivity contribution >= 4 is 93.0 Å². The maximum absolute atomic E-state index is 5.14. The van der Waals surface area contributed by atoms with Crippen LogP contribution in [0.3, 0.4) is 0 Å². The number of anilines is 3. The Labute approximate surface area is 373 Å². The fraction of sp³-hybridized carbons (Fsp3) is 0. The van der Waals surface area contributed by atoms with Gasteiger partial charge in [-0.05, 0) is 122 Å². The summed E-state index contributed by atoms with van der Waals surface area (Å²) in [5.74, 6) is 0.658.